The number of fused-ring (bicyclic) bond motifs is 1. The highest BCUT2D eigenvalue weighted by atomic mass is 16.5. The number of pyridine rings is 1. The van der Waals surface area contributed by atoms with E-state index in [1.807, 2.05) is 12.1 Å². The number of hydrogen-bond acceptors (Lipinski definition) is 4. The summed E-state index contributed by atoms with van der Waals surface area (Å²) in [6.45, 7) is 3.94. The van der Waals surface area contributed by atoms with E-state index in [1.54, 1.807) is 7.11 Å². The van der Waals surface area contributed by atoms with Crippen LogP contribution in [0.5, 0.6) is 5.75 Å². The molecule has 1 aromatic carbocycles. The van der Waals surface area contributed by atoms with Gasteiger partial charge in [0.15, 0.2) is 0 Å². The van der Waals surface area contributed by atoms with Gasteiger partial charge in [-0.25, -0.2) is 4.98 Å². The molecular weight excluding hydrogens is 314 g/mol. The molecule has 5 heteroatoms. The number of aryl methyl sites for hydroxylation is 1. The van der Waals surface area contributed by atoms with Gasteiger partial charge in [0.1, 0.15) is 11.6 Å². The first-order chi connectivity index (χ1) is 12.1. The number of methoxy groups -OCH3 is 1. The van der Waals surface area contributed by atoms with Gasteiger partial charge in [0, 0.05) is 36.5 Å². The highest BCUT2D eigenvalue weighted by Crippen LogP contribution is 2.30. The van der Waals surface area contributed by atoms with Crippen LogP contribution in [0.3, 0.4) is 0 Å². The van der Waals surface area contributed by atoms with Crippen molar-refractivity contribution in [1.29, 1.82) is 0 Å². The number of benzene rings is 1. The molecule has 5 nitrogen and oxygen atoms in total. The number of hydrogen-bond donors (Lipinski definition) is 1. The van der Waals surface area contributed by atoms with Crippen molar-refractivity contribution in [2.75, 3.05) is 25.1 Å². The lowest BCUT2D eigenvalue weighted by Gasteiger charge is -2.34. The third kappa shape index (κ3) is 3.41. The molecule has 2 fully saturated rings. The van der Waals surface area contributed by atoms with E-state index in [0.717, 1.165) is 61.2 Å². The fraction of sp³-hybridized carbons (Fsp3) is 0.500. The van der Waals surface area contributed by atoms with Crippen molar-refractivity contribution in [3.05, 3.63) is 29.8 Å². The average Bonchev–Trinajstić information content (AvgIpc) is 3.46. The Hall–Kier alpha value is -2.30. The molecule has 1 N–H and O–H groups in total. The summed E-state index contributed by atoms with van der Waals surface area (Å²) in [4.78, 5) is 19.2. The molecule has 132 valence electrons. The predicted octanol–water partition coefficient (Wildman–Crippen LogP) is 3.05. The molecule has 1 saturated carbocycles. The minimum atomic E-state index is 0.227. The summed E-state index contributed by atoms with van der Waals surface area (Å²) in [5, 5.41) is 4.38. The van der Waals surface area contributed by atoms with Crippen molar-refractivity contribution in [1.82, 2.24) is 10.3 Å². The van der Waals surface area contributed by atoms with E-state index >= 15 is 0 Å². The smallest absolute Gasteiger partial charge is 0.223 e. The van der Waals surface area contributed by atoms with Crippen LogP contribution in [-0.4, -0.2) is 37.1 Å². The van der Waals surface area contributed by atoms with Crippen LogP contribution in [0.15, 0.2) is 24.3 Å². The average molecular weight is 339 g/mol. The van der Waals surface area contributed by atoms with Crippen LogP contribution < -0.4 is 15.0 Å². The van der Waals surface area contributed by atoms with E-state index in [9.17, 15) is 4.79 Å². The fourth-order valence-electron chi connectivity index (χ4n) is 3.62. The summed E-state index contributed by atoms with van der Waals surface area (Å²) in [6.07, 6.45) is 4.23. The number of anilines is 1. The minimum absolute atomic E-state index is 0.227. The summed E-state index contributed by atoms with van der Waals surface area (Å²) in [5.74, 6) is 2.32. The lowest BCUT2D eigenvalue weighted by molar-refractivity contribution is -0.123. The van der Waals surface area contributed by atoms with Crippen molar-refractivity contribution < 1.29 is 9.53 Å². The molecule has 1 saturated heterocycles. The SMILES string of the molecule is COc1ccc2c(C)cc(N3CCCC(NC(=O)C4CC4)C3)nc2c1. The van der Waals surface area contributed by atoms with Crippen LogP contribution in [-0.2, 0) is 4.79 Å². The molecule has 1 aliphatic heterocycles. The monoisotopic (exact) mass is 339 g/mol. The molecule has 2 heterocycles. The van der Waals surface area contributed by atoms with Crippen molar-refractivity contribution >= 4 is 22.6 Å². The highest BCUT2D eigenvalue weighted by molar-refractivity contribution is 5.85. The summed E-state index contributed by atoms with van der Waals surface area (Å²) in [5.41, 5.74) is 2.17. The molecule has 2 aromatic rings. The number of piperidine rings is 1. The van der Waals surface area contributed by atoms with Gasteiger partial charge in [-0.05, 0) is 56.4 Å². The van der Waals surface area contributed by atoms with E-state index in [1.165, 1.54) is 5.56 Å². The van der Waals surface area contributed by atoms with E-state index in [-0.39, 0.29) is 17.9 Å². The molecule has 4 rings (SSSR count). The van der Waals surface area contributed by atoms with Gasteiger partial charge in [-0.3, -0.25) is 4.79 Å². The third-order valence-corrected chi connectivity index (χ3v) is 5.25. The Labute approximate surface area is 148 Å². The van der Waals surface area contributed by atoms with Crippen molar-refractivity contribution in [2.45, 2.75) is 38.6 Å². The standard InChI is InChI=1S/C20H25N3O2/c1-13-10-19(22-18-11-16(25-2)7-8-17(13)18)23-9-3-4-15(12-23)21-20(24)14-5-6-14/h7-8,10-11,14-15H,3-6,9,12H2,1-2H3,(H,21,24). The summed E-state index contributed by atoms with van der Waals surface area (Å²) in [6, 6.07) is 8.41. The normalized spacial score (nSPS) is 20.6. The summed E-state index contributed by atoms with van der Waals surface area (Å²) < 4.78 is 5.34. The number of nitrogens with zero attached hydrogens (tertiary/aromatic N) is 2. The second-order valence-electron chi connectivity index (χ2n) is 7.25. The van der Waals surface area contributed by atoms with Crippen LogP contribution in [0.1, 0.15) is 31.2 Å². The minimum Gasteiger partial charge on any atom is -0.497 e. The first-order valence-corrected chi connectivity index (χ1v) is 9.15. The predicted molar refractivity (Wildman–Crippen MR) is 99.1 cm³/mol. The topological polar surface area (TPSA) is 54.5 Å². The number of carbonyl (C=O) groups excluding carboxylic acids is 1. The second-order valence-corrected chi connectivity index (χ2v) is 7.25. The van der Waals surface area contributed by atoms with Crippen LogP contribution >= 0.6 is 0 Å². The van der Waals surface area contributed by atoms with E-state index in [2.05, 4.69) is 29.3 Å². The zero-order chi connectivity index (χ0) is 17.4. The van der Waals surface area contributed by atoms with E-state index < -0.39 is 0 Å². The number of nitrogens with one attached hydrogen (secondary N) is 1. The molecule has 1 aromatic heterocycles. The van der Waals surface area contributed by atoms with Crippen LogP contribution in [0.2, 0.25) is 0 Å². The molecule has 1 atom stereocenters. The Balaban J connectivity index is 1.56. The Morgan fingerprint density at radius 1 is 1.28 bits per heavy atom. The van der Waals surface area contributed by atoms with Crippen molar-refractivity contribution in [3.8, 4) is 5.75 Å². The second kappa shape index (κ2) is 6.54. The largest absolute Gasteiger partial charge is 0.497 e. The lowest BCUT2D eigenvalue weighted by atomic mass is 10.0. The summed E-state index contributed by atoms with van der Waals surface area (Å²) >= 11 is 0. The van der Waals surface area contributed by atoms with E-state index in [4.69, 9.17) is 9.72 Å². The van der Waals surface area contributed by atoms with Gasteiger partial charge in [0.2, 0.25) is 5.91 Å². The number of aromatic nitrogens is 1. The van der Waals surface area contributed by atoms with Crippen LogP contribution in [0, 0.1) is 12.8 Å². The Morgan fingerprint density at radius 3 is 2.88 bits per heavy atom. The Morgan fingerprint density at radius 2 is 2.12 bits per heavy atom. The molecule has 0 spiro atoms. The molecular formula is C20H25N3O2. The highest BCUT2D eigenvalue weighted by Gasteiger charge is 2.32. The zero-order valence-electron chi connectivity index (χ0n) is 14.9. The van der Waals surface area contributed by atoms with Gasteiger partial charge in [-0.15, -0.1) is 0 Å². The lowest BCUT2D eigenvalue weighted by Crippen LogP contribution is -2.48. The van der Waals surface area contributed by atoms with E-state index in [0.29, 0.717) is 0 Å². The fourth-order valence-corrected chi connectivity index (χ4v) is 3.62. The number of carbonyl (C=O) groups is 1. The van der Waals surface area contributed by atoms with Gasteiger partial charge in [-0.2, -0.15) is 0 Å². The molecule has 0 bridgehead atoms. The van der Waals surface area contributed by atoms with Gasteiger partial charge in [0.25, 0.3) is 0 Å². The van der Waals surface area contributed by atoms with Gasteiger partial charge >= 0.3 is 0 Å². The summed E-state index contributed by atoms with van der Waals surface area (Å²) in [7, 11) is 1.68. The van der Waals surface area contributed by atoms with Gasteiger partial charge < -0.3 is 15.0 Å². The van der Waals surface area contributed by atoms with Crippen LogP contribution in [0.4, 0.5) is 5.82 Å². The van der Waals surface area contributed by atoms with Crippen molar-refractivity contribution in [2.24, 2.45) is 5.92 Å². The number of rotatable bonds is 4. The number of ether oxygens (including phenoxy) is 1. The maximum absolute atomic E-state index is 12.1. The molecule has 1 aliphatic carbocycles. The zero-order valence-corrected chi connectivity index (χ0v) is 14.9. The molecule has 2 aliphatic rings. The first-order valence-electron chi connectivity index (χ1n) is 9.15. The van der Waals surface area contributed by atoms with Crippen LogP contribution in [0.25, 0.3) is 10.9 Å². The van der Waals surface area contributed by atoms with Gasteiger partial charge in [0.05, 0.1) is 12.6 Å². The van der Waals surface area contributed by atoms with Gasteiger partial charge in [-0.1, -0.05) is 0 Å². The molecule has 0 radical (unpaired) electrons. The number of amides is 1. The Bertz CT molecular complexity index is 801. The maximum atomic E-state index is 12.1. The molecule has 1 unspecified atom stereocenters. The molecule has 1 amide bonds. The maximum Gasteiger partial charge on any atom is 0.223 e. The third-order valence-electron chi connectivity index (χ3n) is 5.25. The quantitative estimate of drug-likeness (QED) is 0.930. The van der Waals surface area contributed by atoms with Crippen molar-refractivity contribution in [3.63, 3.8) is 0 Å². The molecule has 25 heavy (non-hydrogen) atoms. The first kappa shape index (κ1) is 16.2. The Kier molecular flexibility index (Phi) is 4.24.